The highest BCUT2D eigenvalue weighted by Gasteiger charge is 2.51. The first-order valence-electron chi connectivity index (χ1n) is 10.8. The molecule has 3 rings (SSSR count). The molecule has 0 bridgehead atoms. The highest BCUT2D eigenvalue weighted by atomic mass is 35.5. The fourth-order valence-corrected chi connectivity index (χ4v) is 3.52. The second-order valence-electron chi connectivity index (χ2n) is 8.97. The predicted molar refractivity (Wildman–Crippen MR) is 126 cm³/mol. The van der Waals surface area contributed by atoms with Gasteiger partial charge in [-0.3, -0.25) is 9.78 Å². The number of aromatic amines is 1. The van der Waals surface area contributed by atoms with Crippen molar-refractivity contribution in [3.8, 4) is 22.8 Å². The van der Waals surface area contributed by atoms with Gasteiger partial charge in [0.15, 0.2) is 5.82 Å². The van der Waals surface area contributed by atoms with Crippen LogP contribution in [0, 0.1) is 5.41 Å². The van der Waals surface area contributed by atoms with Crippen LogP contribution in [0.4, 0.5) is 13.2 Å². The van der Waals surface area contributed by atoms with Gasteiger partial charge in [0, 0.05) is 17.5 Å². The Labute approximate surface area is 200 Å². The van der Waals surface area contributed by atoms with E-state index in [1.165, 1.54) is 0 Å². The number of alkyl halides is 3. The molecule has 1 heterocycles. The minimum Gasteiger partial charge on any atom is -0.299 e. The number of nitrogens with zero attached hydrogens (tertiary/aromatic N) is 2. The van der Waals surface area contributed by atoms with E-state index in [2.05, 4.69) is 28.8 Å². The van der Waals surface area contributed by atoms with Crippen LogP contribution in [-0.2, 0) is 11.2 Å². The van der Waals surface area contributed by atoms with E-state index in [4.69, 9.17) is 11.6 Å². The van der Waals surface area contributed by atoms with Crippen LogP contribution in [0.2, 0.25) is 5.02 Å². The number of hydrogen-bond acceptors (Lipinski definition) is 4. The van der Waals surface area contributed by atoms with Crippen molar-refractivity contribution in [1.82, 2.24) is 15.0 Å². The Kier molecular flexibility index (Phi) is 7.31. The quantitative estimate of drug-likeness (QED) is 0.417. The molecule has 1 N–H and O–H groups in total. The van der Waals surface area contributed by atoms with Crippen LogP contribution in [0.15, 0.2) is 47.3 Å². The van der Waals surface area contributed by atoms with Gasteiger partial charge >= 0.3 is 11.9 Å². The molecule has 0 spiro atoms. The minimum atomic E-state index is -4.63. The van der Waals surface area contributed by atoms with E-state index >= 15 is 0 Å². The maximum Gasteiger partial charge on any atom is 0.400 e. The average molecular weight is 492 g/mol. The lowest BCUT2D eigenvalue weighted by atomic mass is 9.84. The highest BCUT2D eigenvalue weighted by molar-refractivity contribution is 6.33. The van der Waals surface area contributed by atoms with Crippen molar-refractivity contribution in [2.24, 2.45) is 5.41 Å². The standard InChI is InChI=1S/C25H25ClF3N3O2/c1-14(2)16-6-5-7-17(13-16)21-30-22(32-23(34)31-21)18-12-15(8-10-19(18)26)9-11-20(33)24(3,4)25(27,28)29/h5-8,10,12-14H,9,11H2,1-4H3,(H,30,31,32,34). The number of halogens is 4. The number of H-pyrrole nitrogens is 1. The predicted octanol–water partition coefficient (Wildman–Crippen LogP) is 6.37. The number of carbonyl (C=O) groups is 1. The van der Waals surface area contributed by atoms with Crippen LogP contribution in [0.5, 0.6) is 0 Å². The molecule has 5 nitrogen and oxygen atoms in total. The lowest BCUT2D eigenvalue weighted by Gasteiger charge is -2.26. The fraction of sp³-hybridized carbons (Fsp3) is 0.360. The molecule has 1 aromatic heterocycles. The molecule has 0 aliphatic carbocycles. The van der Waals surface area contributed by atoms with Crippen LogP contribution >= 0.6 is 11.6 Å². The summed E-state index contributed by atoms with van der Waals surface area (Å²) in [6.45, 7) is 5.86. The molecule has 34 heavy (non-hydrogen) atoms. The Morgan fingerprint density at radius 2 is 1.79 bits per heavy atom. The SMILES string of the molecule is CC(C)c1cccc(-c2nc(-c3cc(CCC(=O)C(C)(C)C(F)(F)F)ccc3Cl)[nH]c(=O)n2)c1. The highest BCUT2D eigenvalue weighted by Crippen LogP contribution is 2.39. The van der Waals surface area contributed by atoms with Crippen LogP contribution in [-0.4, -0.2) is 26.9 Å². The Morgan fingerprint density at radius 3 is 2.44 bits per heavy atom. The number of benzene rings is 2. The molecule has 180 valence electrons. The summed E-state index contributed by atoms with van der Waals surface area (Å²) in [5, 5.41) is 0.293. The molecule has 0 fully saturated rings. The lowest BCUT2D eigenvalue weighted by molar-refractivity contribution is -0.210. The van der Waals surface area contributed by atoms with E-state index in [0.29, 0.717) is 21.7 Å². The van der Waals surface area contributed by atoms with E-state index in [-0.39, 0.29) is 30.4 Å². The van der Waals surface area contributed by atoms with Crippen molar-refractivity contribution in [2.45, 2.75) is 52.6 Å². The van der Waals surface area contributed by atoms with E-state index in [0.717, 1.165) is 19.4 Å². The van der Waals surface area contributed by atoms with E-state index < -0.39 is 23.1 Å². The summed E-state index contributed by atoms with van der Waals surface area (Å²) in [6.07, 6.45) is -4.83. The monoisotopic (exact) mass is 491 g/mol. The van der Waals surface area contributed by atoms with Crippen molar-refractivity contribution in [1.29, 1.82) is 0 Å². The summed E-state index contributed by atoms with van der Waals surface area (Å²) >= 11 is 6.35. The second kappa shape index (κ2) is 9.70. The Hall–Kier alpha value is -3.00. The molecule has 0 amide bonds. The topological polar surface area (TPSA) is 75.7 Å². The molecule has 0 aliphatic rings. The van der Waals surface area contributed by atoms with Crippen LogP contribution in [0.1, 0.15) is 51.2 Å². The van der Waals surface area contributed by atoms with Gasteiger partial charge in [0.1, 0.15) is 17.0 Å². The first-order valence-corrected chi connectivity index (χ1v) is 11.1. The second-order valence-corrected chi connectivity index (χ2v) is 9.37. The van der Waals surface area contributed by atoms with Gasteiger partial charge < -0.3 is 0 Å². The first kappa shape index (κ1) is 25.6. The largest absolute Gasteiger partial charge is 0.400 e. The molecule has 3 aromatic rings. The van der Waals surface area contributed by atoms with E-state index in [1.54, 1.807) is 24.3 Å². The van der Waals surface area contributed by atoms with Crippen molar-refractivity contribution < 1.29 is 18.0 Å². The van der Waals surface area contributed by atoms with Gasteiger partial charge in [-0.25, -0.2) is 9.78 Å². The van der Waals surface area contributed by atoms with Gasteiger partial charge in [-0.15, -0.1) is 0 Å². The van der Waals surface area contributed by atoms with Crippen molar-refractivity contribution in [2.75, 3.05) is 0 Å². The van der Waals surface area contributed by atoms with Gasteiger partial charge in [0.25, 0.3) is 0 Å². The Morgan fingerprint density at radius 1 is 1.09 bits per heavy atom. The fourth-order valence-electron chi connectivity index (χ4n) is 3.32. The molecule has 0 unspecified atom stereocenters. The maximum absolute atomic E-state index is 13.1. The normalized spacial score (nSPS) is 12.3. The smallest absolute Gasteiger partial charge is 0.299 e. The molecule has 9 heteroatoms. The van der Waals surface area contributed by atoms with Gasteiger partial charge in [0.05, 0.1) is 5.02 Å². The van der Waals surface area contributed by atoms with Crippen LogP contribution in [0.25, 0.3) is 22.8 Å². The average Bonchev–Trinajstić information content (AvgIpc) is 2.77. The minimum absolute atomic E-state index is 0.0844. The molecule has 0 aliphatic heterocycles. The molecular weight excluding hydrogens is 467 g/mol. The number of Topliss-reactive ketones (excluding diaryl/α,β-unsaturated/α-hetero) is 1. The zero-order chi connectivity index (χ0) is 25.3. The number of nitrogens with one attached hydrogen (secondary N) is 1. The Bertz CT molecular complexity index is 1270. The summed E-state index contributed by atoms with van der Waals surface area (Å²) in [6, 6.07) is 12.4. The van der Waals surface area contributed by atoms with Crippen molar-refractivity contribution in [3.63, 3.8) is 0 Å². The summed E-state index contributed by atoms with van der Waals surface area (Å²) in [4.78, 5) is 35.5. The molecule has 0 saturated heterocycles. The van der Waals surface area contributed by atoms with Gasteiger partial charge in [-0.05, 0) is 55.5 Å². The summed E-state index contributed by atoms with van der Waals surface area (Å²) < 4.78 is 39.4. The third kappa shape index (κ3) is 5.55. The zero-order valence-electron chi connectivity index (χ0n) is 19.3. The molecule has 0 radical (unpaired) electrons. The van der Waals surface area contributed by atoms with Crippen LogP contribution in [0.3, 0.4) is 0 Å². The third-order valence-electron chi connectivity index (χ3n) is 5.79. The van der Waals surface area contributed by atoms with Gasteiger partial charge in [-0.2, -0.15) is 18.2 Å². The van der Waals surface area contributed by atoms with Gasteiger partial charge in [0.2, 0.25) is 0 Å². The lowest BCUT2D eigenvalue weighted by Crippen LogP contribution is -2.39. The molecular formula is C25H25ClF3N3O2. The zero-order valence-corrected chi connectivity index (χ0v) is 20.0. The maximum atomic E-state index is 13.1. The number of hydrogen-bond donors (Lipinski definition) is 1. The molecule has 2 aromatic carbocycles. The number of rotatable bonds is 7. The summed E-state index contributed by atoms with van der Waals surface area (Å²) in [5.41, 5.74) is -0.325. The van der Waals surface area contributed by atoms with E-state index in [1.807, 2.05) is 18.2 Å². The van der Waals surface area contributed by atoms with E-state index in [9.17, 15) is 22.8 Å². The van der Waals surface area contributed by atoms with Gasteiger partial charge in [-0.1, -0.05) is 49.7 Å². The summed E-state index contributed by atoms with van der Waals surface area (Å²) in [7, 11) is 0. The number of aromatic nitrogens is 3. The van der Waals surface area contributed by atoms with Crippen molar-refractivity contribution >= 4 is 17.4 Å². The van der Waals surface area contributed by atoms with Crippen molar-refractivity contribution in [3.05, 3.63) is 69.1 Å². The number of ketones is 1. The molecule has 0 atom stereocenters. The first-order chi connectivity index (χ1) is 15.8. The van der Waals surface area contributed by atoms with Crippen LogP contribution < -0.4 is 5.69 Å². The molecule has 0 saturated carbocycles. The third-order valence-corrected chi connectivity index (χ3v) is 6.12. The number of aryl methyl sites for hydroxylation is 1. The summed E-state index contributed by atoms with van der Waals surface area (Å²) in [5.74, 6) is -0.222. The Balaban J connectivity index is 1.93. The number of carbonyl (C=O) groups excluding carboxylic acids is 1.